The third-order valence-electron chi connectivity index (χ3n) is 2.15. The van der Waals surface area contributed by atoms with Crippen molar-refractivity contribution in [2.24, 2.45) is 5.10 Å². The molecule has 0 aliphatic carbocycles. The summed E-state index contributed by atoms with van der Waals surface area (Å²) in [5.74, 6) is -0.143. The zero-order chi connectivity index (χ0) is 11.9. The second kappa shape index (κ2) is 5.65. The molecule has 0 bridgehead atoms. The van der Waals surface area contributed by atoms with Crippen molar-refractivity contribution in [2.75, 3.05) is 0 Å². The van der Waals surface area contributed by atoms with Crippen molar-refractivity contribution in [1.29, 1.82) is 0 Å². The molecule has 4 heteroatoms. The van der Waals surface area contributed by atoms with Crippen LogP contribution in [0.1, 0.15) is 11.1 Å². The zero-order valence-electron chi connectivity index (χ0n) is 9.17. The molecule has 0 fully saturated rings. The Labute approximate surface area is 99.0 Å². The van der Waals surface area contributed by atoms with Crippen LogP contribution in [0.2, 0.25) is 0 Å². The van der Waals surface area contributed by atoms with Gasteiger partial charge in [-0.3, -0.25) is 4.79 Å². The van der Waals surface area contributed by atoms with Crippen molar-refractivity contribution >= 4 is 12.1 Å². The van der Waals surface area contributed by atoms with Crippen LogP contribution in [0.3, 0.4) is 0 Å². The highest BCUT2D eigenvalue weighted by Crippen LogP contribution is 1.99. The minimum absolute atomic E-state index is 0.143. The van der Waals surface area contributed by atoms with Gasteiger partial charge in [-0.1, -0.05) is 30.3 Å². The fourth-order valence-corrected chi connectivity index (χ4v) is 1.35. The predicted octanol–water partition coefficient (Wildman–Crippen LogP) is 1.97. The number of carbonyl (C=O) groups excluding carboxylic acids is 1. The van der Waals surface area contributed by atoms with E-state index in [1.165, 1.54) is 6.21 Å². The Morgan fingerprint density at radius 3 is 2.82 bits per heavy atom. The van der Waals surface area contributed by atoms with Crippen LogP contribution >= 0.6 is 0 Å². The highest BCUT2D eigenvalue weighted by atomic mass is 16.3. The number of rotatable bonds is 4. The minimum atomic E-state index is -0.143. The fraction of sp³-hybridized carbons (Fsp3) is 0.0769. The lowest BCUT2D eigenvalue weighted by molar-refractivity contribution is -0.120. The third kappa shape index (κ3) is 3.61. The summed E-state index contributed by atoms with van der Waals surface area (Å²) in [6.07, 6.45) is 4.95. The van der Waals surface area contributed by atoms with Crippen LogP contribution in [0.5, 0.6) is 0 Å². The Balaban J connectivity index is 1.82. The van der Waals surface area contributed by atoms with Crippen LogP contribution in [-0.2, 0) is 11.2 Å². The van der Waals surface area contributed by atoms with Crippen LogP contribution in [0.25, 0.3) is 0 Å². The second-order valence-corrected chi connectivity index (χ2v) is 3.51. The molecule has 0 saturated carbocycles. The molecule has 1 amide bonds. The first-order valence-corrected chi connectivity index (χ1v) is 5.22. The lowest BCUT2D eigenvalue weighted by Crippen LogP contribution is -2.19. The van der Waals surface area contributed by atoms with E-state index in [4.69, 9.17) is 4.42 Å². The number of hydrogen-bond donors (Lipinski definition) is 1. The first-order chi connectivity index (χ1) is 8.34. The van der Waals surface area contributed by atoms with E-state index < -0.39 is 0 Å². The van der Waals surface area contributed by atoms with Crippen LogP contribution in [0.15, 0.2) is 58.4 Å². The summed E-state index contributed by atoms with van der Waals surface area (Å²) in [7, 11) is 0. The number of hydrogen-bond acceptors (Lipinski definition) is 3. The van der Waals surface area contributed by atoms with Crippen LogP contribution < -0.4 is 5.43 Å². The molecule has 0 spiro atoms. The maximum atomic E-state index is 11.5. The van der Waals surface area contributed by atoms with Crippen LogP contribution in [0.4, 0.5) is 0 Å². The molecule has 1 heterocycles. The van der Waals surface area contributed by atoms with Crippen molar-refractivity contribution in [1.82, 2.24) is 5.43 Å². The van der Waals surface area contributed by atoms with Gasteiger partial charge in [-0.05, 0) is 11.6 Å². The van der Waals surface area contributed by atoms with Gasteiger partial charge in [0.15, 0.2) is 0 Å². The smallest absolute Gasteiger partial charge is 0.244 e. The summed E-state index contributed by atoms with van der Waals surface area (Å²) in [5.41, 5.74) is 4.23. The molecule has 0 radical (unpaired) electrons. The summed E-state index contributed by atoms with van der Waals surface area (Å²) < 4.78 is 4.86. The van der Waals surface area contributed by atoms with Gasteiger partial charge < -0.3 is 4.42 Å². The lowest BCUT2D eigenvalue weighted by Gasteiger charge is -1.99. The van der Waals surface area contributed by atoms with Gasteiger partial charge in [0, 0.05) is 5.56 Å². The standard InChI is InChI=1S/C13H12N2O2/c16-13(8-11-4-2-1-3-5-11)15-14-9-12-6-7-17-10-12/h1-7,9-10H,8H2,(H,15,16). The highest BCUT2D eigenvalue weighted by Gasteiger charge is 2.00. The Morgan fingerprint density at radius 2 is 2.12 bits per heavy atom. The van der Waals surface area contributed by atoms with Gasteiger partial charge in [0.2, 0.25) is 5.91 Å². The summed E-state index contributed by atoms with van der Waals surface area (Å²) in [6, 6.07) is 11.3. The molecule has 0 aliphatic rings. The predicted molar refractivity (Wildman–Crippen MR) is 64.6 cm³/mol. The summed E-state index contributed by atoms with van der Waals surface area (Å²) in [4.78, 5) is 11.5. The topological polar surface area (TPSA) is 54.6 Å². The van der Waals surface area contributed by atoms with Crippen molar-refractivity contribution in [3.8, 4) is 0 Å². The SMILES string of the molecule is O=C(Cc1ccccc1)NN=Cc1ccoc1. The number of nitrogens with one attached hydrogen (secondary N) is 1. The monoisotopic (exact) mass is 228 g/mol. The van der Waals surface area contributed by atoms with E-state index in [9.17, 15) is 4.79 Å². The maximum Gasteiger partial charge on any atom is 0.244 e. The lowest BCUT2D eigenvalue weighted by atomic mass is 10.1. The van der Waals surface area contributed by atoms with Crippen molar-refractivity contribution < 1.29 is 9.21 Å². The first kappa shape index (κ1) is 11.1. The first-order valence-electron chi connectivity index (χ1n) is 5.22. The molecule has 4 nitrogen and oxygen atoms in total. The molecule has 0 unspecified atom stereocenters. The molecule has 2 rings (SSSR count). The molecule has 86 valence electrons. The number of amides is 1. The highest BCUT2D eigenvalue weighted by molar-refractivity contribution is 5.82. The van der Waals surface area contributed by atoms with E-state index >= 15 is 0 Å². The Morgan fingerprint density at radius 1 is 1.29 bits per heavy atom. The molecule has 0 saturated heterocycles. The number of nitrogens with zero attached hydrogens (tertiary/aromatic N) is 1. The average molecular weight is 228 g/mol. The number of furan rings is 1. The van der Waals surface area contributed by atoms with Gasteiger partial charge in [0.1, 0.15) is 0 Å². The number of hydrazone groups is 1. The summed E-state index contributed by atoms with van der Waals surface area (Å²) >= 11 is 0. The average Bonchev–Trinajstić information content (AvgIpc) is 2.83. The number of benzene rings is 1. The van der Waals surface area contributed by atoms with Gasteiger partial charge in [0.25, 0.3) is 0 Å². The largest absolute Gasteiger partial charge is 0.472 e. The van der Waals surface area contributed by atoms with E-state index in [2.05, 4.69) is 10.5 Å². The molecule has 0 aliphatic heterocycles. The Hall–Kier alpha value is -2.36. The van der Waals surface area contributed by atoms with Crippen molar-refractivity contribution in [3.63, 3.8) is 0 Å². The Kier molecular flexibility index (Phi) is 3.70. The van der Waals surface area contributed by atoms with Crippen molar-refractivity contribution in [2.45, 2.75) is 6.42 Å². The Bertz CT molecular complexity index is 489. The molecular formula is C13H12N2O2. The van der Waals surface area contributed by atoms with E-state index in [1.807, 2.05) is 30.3 Å². The van der Waals surface area contributed by atoms with Gasteiger partial charge >= 0.3 is 0 Å². The van der Waals surface area contributed by atoms with E-state index in [0.717, 1.165) is 11.1 Å². The van der Waals surface area contributed by atoms with Gasteiger partial charge in [0.05, 0.1) is 25.2 Å². The van der Waals surface area contributed by atoms with E-state index in [1.54, 1.807) is 18.6 Å². The quantitative estimate of drug-likeness (QED) is 0.642. The van der Waals surface area contributed by atoms with Crippen LogP contribution in [0, 0.1) is 0 Å². The third-order valence-corrected chi connectivity index (χ3v) is 2.15. The molecule has 1 aromatic carbocycles. The minimum Gasteiger partial charge on any atom is -0.472 e. The summed E-state index contributed by atoms with van der Waals surface area (Å²) in [6.45, 7) is 0. The van der Waals surface area contributed by atoms with E-state index in [-0.39, 0.29) is 5.91 Å². The van der Waals surface area contributed by atoms with Crippen molar-refractivity contribution in [3.05, 3.63) is 60.1 Å². The van der Waals surface area contributed by atoms with Gasteiger partial charge in [-0.2, -0.15) is 5.10 Å². The molecule has 0 atom stereocenters. The zero-order valence-corrected chi connectivity index (χ0v) is 9.17. The molecule has 17 heavy (non-hydrogen) atoms. The number of carbonyl (C=O) groups is 1. The molecule has 2 aromatic rings. The fourth-order valence-electron chi connectivity index (χ4n) is 1.35. The molecule has 1 N–H and O–H groups in total. The molecular weight excluding hydrogens is 216 g/mol. The van der Waals surface area contributed by atoms with Crippen LogP contribution in [-0.4, -0.2) is 12.1 Å². The normalized spacial score (nSPS) is 10.6. The van der Waals surface area contributed by atoms with Gasteiger partial charge in [-0.25, -0.2) is 5.43 Å². The summed E-state index contributed by atoms with van der Waals surface area (Å²) in [5, 5.41) is 3.83. The van der Waals surface area contributed by atoms with E-state index in [0.29, 0.717) is 6.42 Å². The second-order valence-electron chi connectivity index (χ2n) is 3.51. The molecule has 1 aromatic heterocycles. The maximum absolute atomic E-state index is 11.5. The van der Waals surface area contributed by atoms with Gasteiger partial charge in [-0.15, -0.1) is 0 Å².